The summed E-state index contributed by atoms with van der Waals surface area (Å²) in [5.74, 6) is -2.65. The lowest BCUT2D eigenvalue weighted by atomic mass is 9.77. The van der Waals surface area contributed by atoms with Crippen LogP contribution < -0.4 is 16.4 Å². The van der Waals surface area contributed by atoms with Crippen LogP contribution in [0.5, 0.6) is 0 Å². The average molecular weight is 1120 g/mol. The molecule has 0 radical (unpaired) electrons. The number of esters is 2. The summed E-state index contributed by atoms with van der Waals surface area (Å²) in [6.07, 6.45) is -1.71. The van der Waals surface area contributed by atoms with Crippen LogP contribution in [0, 0.1) is 5.41 Å². The topological polar surface area (TPSA) is 201 Å². The average Bonchev–Trinajstić information content (AvgIpc) is 4.32. The maximum absolute atomic E-state index is 15.0. The van der Waals surface area contributed by atoms with Gasteiger partial charge in [-0.3, -0.25) is 19.3 Å². The summed E-state index contributed by atoms with van der Waals surface area (Å²) in [4.78, 5) is 82.6. The van der Waals surface area contributed by atoms with Crippen LogP contribution in [0.25, 0.3) is 0 Å². The molecule has 1 aromatic heterocycles. The largest absolute Gasteiger partial charge is 0.452 e. The fourth-order valence-corrected chi connectivity index (χ4v) is 12.2. The molecule has 1 saturated carbocycles. The quantitative estimate of drug-likeness (QED) is 0.0154. The van der Waals surface area contributed by atoms with Gasteiger partial charge in [0.05, 0.1) is 0 Å². The third-order valence-electron chi connectivity index (χ3n) is 14.4. The molecule has 2 fully saturated rings. The molecule has 0 bridgehead atoms. The highest BCUT2D eigenvalue weighted by Crippen LogP contribution is 2.49. The Morgan fingerprint density at radius 1 is 0.667 bits per heavy atom. The number of fused-ring (bicyclic) bond motifs is 1. The van der Waals surface area contributed by atoms with Crippen molar-refractivity contribution in [2.75, 3.05) is 24.3 Å². The van der Waals surface area contributed by atoms with Crippen molar-refractivity contribution in [2.45, 2.75) is 42.0 Å². The number of thiazole rings is 1. The summed E-state index contributed by atoms with van der Waals surface area (Å²) < 4.78 is 17.7. The first-order valence-electron chi connectivity index (χ1n) is 26.2. The number of anilines is 1. The number of thioether (sulfide) groups is 1. The molecule has 2 aliphatic heterocycles. The molecule has 3 heterocycles. The van der Waals surface area contributed by atoms with E-state index in [2.05, 4.69) is 15.8 Å². The first-order valence-corrected chi connectivity index (χ1v) is 28.2. The number of β-lactam (4-membered cyclic amide) rings is 1. The highest BCUT2D eigenvalue weighted by molar-refractivity contribution is 8.00. The number of nitrogens with one attached hydrogen (secondary N) is 2. The highest BCUT2D eigenvalue weighted by atomic mass is 32.2. The van der Waals surface area contributed by atoms with Crippen molar-refractivity contribution in [2.24, 2.45) is 16.3 Å². The van der Waals surface area contributed by atoms with Crippen molar-refractivity contribution in [1.29, 1.82) is 0 Å². The molecule has 1 saturated heterocycles. The van der Waals surface area contributed by atoms with Gasteiger partial charge >= 0.3 is 18.0 Å². The zero-order valence-corrected chi connectivity index (χ0v) is 45.2. The van der Waals surface area contributed by atoms with E-state index in [1.807, 2.05) is 212 Å². The van der Waals surface area contributed by atoms with Gasteiger partial charge in [-0.2, -0.15) is 0 Å². The minimum atomic E-state index is -1.18. The maximum atomic E-state index is 15.0. The lowest BCUT2D eigenvalue weighted by Crippen LogP contribution is -2.71. The van der Waals surface area contributed by atoms with E-state index in [9.17, 15) is 24.0 Å². The van der Waals surface area contributed by atoms with Crippen LogP contribution in [0.1, 0.15) is 69.7 Å². The predicted molar refractivity (Wildman–Crippen MR) is 308 cm³/mol. The van der Waals surface area contributed by atoms with Gasteiger partial charge in [0.25, 0.3) is 11.8 Å². The van der Waals surface area contributed by atoms with E-state index in [-0.39, 0.29) is 36.1 Å². The van der Waals surface area contributed by atoms with Crippen LogP contribution in [0.4, 0.5) is 9.93 Å². The Morgan fingerprint density at radius 2 is 1.12 bits per heavy atom. The summed E-state index contributed by atoms with van der Waals surface area (Å²) in [5.41, 5.74) is 9.11. The molecule has 4 N–H and O–H groups in total. The van der Waals surface area contributed by atoms with Crippen LogP contribution in [0.2, 0.25) is 0 Å². The van der Waals surface area contributed by atoms with Gasteiger partial charge in [-0.05, 0) is 51.8 Å². The number of hydrogen-bond acceptors (Lipinski definition) is 14. The minimum Gasteiger partial charge on any atom is -0.452 e. The van der Waals surface area contributed by atoms with Gasteiger partial charge < -0.3 is 35.4 Å². The zero-order valence-electron chi connectivity index (χ0n) is 43.5. The van der Waals surface area contributed by atoms with E-state index in [4.69, 9.17) is 29.8 Å². The molecule has 17 heteroatoms. The number of hydrogen-bond donors (Lipinski definition) is 3. The Kier molecular flexibility index (Phi) is 15.9. The molecule has 11 rings (SSSR count). The summed E-state index contributed by atoms with van der Waals surface area (Å²) in [6, 6.07) is 66.0. The summed E-state index contributed by atoms with van der Waals surface area (Å²) in [5, 5.41) is 12.4. The molecule has 7 aromatic carbocycles. The molecule has 2 atom stereocenters. The van der Waals surface area contributed by atoms with Crippen molar-refractivity contribution in [1.82, 2.24) is 15.2 Å². The smallest absolute Gasteiger partial charge is 0.404 e. The molecule has 3 aliphatic rings. The van der Waals surface area contributed by atoms with Gasteiger partial charge in [-0.25, -0.2) is 14.6 Å². The Hall–Kier alpha value is -9.32. The first-order chi connectivity index (χ1) is 39.6. The Labute approximate surface area is 475 Å². The maximum Gasteiger partial charge on any atom is 0.404 e. The third kappa shape index (κ3) is 11.4. The number of benzene rings is 7. The minimum absolute atomic E-state index is 0.116. The number of nitrogens with two attached hydrogens (primary N) is 1. The van der Waals surface area contributed by atoms with Crippen molar-refractivity contribution in [3.63, 3.8) is 0 Å². The van der Waals surface area contributed by atoms with Gasteiger partial charge in [0, 0.05) is 16.7 Å². The number of ether oxygens (including phenoxy) is 3. The normalized spacial score (nSPS) is 16.4. The lowest BCUT2D eigenvalue weighted by Gasteiger charge is -2.49. The van der Waals surface area contributed by atoms with Crippen LogP contribution in [-0.4, -0.2) is 75.8 Å². The molecule has 0 spiro atoms. The fraction of sp³-hybridized carbons (Fsp3) is 0.172. The van der Waals surface area contributed by atoms with E-state index >= 15 is 0 Å². The van der Waals surface area contributed by atoms with Crippen molar-refractivity contribution in [3.8, 4) is 0 Å². The SMILES string of the molecule is NC(=O)OCC1=C(C(=O)OC(c2ccccc2)c2ccccc2)N2C(=O)[C@@H](NC(=O)/C(=N\OCC3(C(=O)OC(c4ccccc4)c4ccccc4)CC3)c3csc(NC(c4ccccc4)(c4ccccc4)c4ccccc4)n3)[C@H]2SC1. The predicted octanol–water partition coefficient (Wildman–Crippen LogP) is 10.5. The molecule has 81 heavy (non-hydrogen) atoms. The molecule has 406 valence electrons. The second-order valence-electron chi connectivity index (χ2n) is 19.6. The first kappa shape index (κ1) is 53.7. The summed E-state index contributed by atoms with van der Waals surface area (Å²) in [6.45, 7) is -0.606. The third-order valence-corrected chi connectivity index (χ3v) is 16.5. The van der Waals surface area contributed by atoms with E-state index < -0.39 is 64.4 Å². The van der Waals surface area contributed by atoms with Crippen molar-refractivity contribution in [3.05, 3.63) is 274 Å². The van der Waals surface area contributed by atoms with E-state index in [0.29, 0.717) is 34.7 Å². The van der Waals surface area contributed by atoms with E-state index in [1.54, 1.807) is 5.38 Å². The Balaban J connectivity index is 0.900. The standard InChI is InChI=1S/C64H54N6O9S2/c65-61(75)76-38-46-39-80-58-52(57(72)70(58)53(46)59(73)78-54(42-22-8-1-9-23-42)43-24-10-2-11-25-43)67-56(71)51(69-77-41-63(36-37-63)60(74)79-55(44-26-12-3-13-27-44)45-28-14-4-15-29-45)50-40-81-62(66-50)68-64(47-30-16-5-17-31-47,48-32-18-6-19-33-48)49-34-20-7-21-35-49/h1-35,40,52,54-55,58H,36-39,41H2,(H2,65,75)(H,66,68)(H,67,71)/b69-51-/t52-,58-/m1/s1. The molecular weight excluding hydrogens is 1060 g/mol. The second-order valence-corrected chi connectivity index (χ2v) is 21.6. The highest BCUT2D eigenvalue weighted by Gasteiger charge is 2.56. The van der Waals surface area contributed by atoms with Gasteiger partial charge in [0.1, 0.15) is 47.0 Å². The number of nitrogens with zero attached hydrogens (tertiary/aromatic N) is 3. The van der Waals surface area contributed by atoms with Gasteiger partial charge in [-0.15, -0.1) is 23.1 Å². The molecule has 0 unspecified atom stereocenters. The van der Waals surface area contributed by atoms with Gasteiger partial charge in [0.2, 0.25) is 0 Å². The number of amides is 3. The lowest BCUT2D eigenvalue weighted by molar-refractivity contribution is -0.157. The Bertz CT molecular complexity index is 3420. The fourth-order valence-electron chi connectivity index (χ4n) is 10.1. The number of carbonyl (C=O) groups is 5. The van der Waals surface area contributed by atoms with Crippen LogP contribution >= 0.6 is 23.1 Å². The molecule has 15 nitrogen and oxygen atoms in total. The number of oxime groups is 1. The number of rotatable bonds is 21. The summed E-state index contributed by atoms with van der Waals surface area (Å²) >= 11 is 2.49. The monoisotopic (exact) mass is 1110 g/mol. The molecule has 3 amide bonds. The number of aromatic nitrogens is 1. The second kappa shape index (κ2) is 24.0. The molecular formula is C64H54N6O9S2. The van der Waals surface area contributed by atoms with Crippen molar-refractivity contribution >= 4 is 63.8 Å². The summed E-state index contributed by atoms with van der Waals surface area (Å²) in [7, 11) is 0. The Morgan fingerprint density at radius 3 is 1.58 bits per heavy atom. The van der Waals surface area contributed by atoms with Crippen LogP contribution in [-0.2, 0) is 43.8 Å². The van der Waals surface area contributed by atoms with Gasteiger partial charge in [0.15, 0.2) is 23.1 Å². The van der Waals surface area contributed by atoms with E-state index in [1.165, 1.54) is 28.0 Å². The molecule has 1 aliphatic carbocycles. The van der Waals surface area contributed by atoms with E-state index in [0.717, 1.165) is 27.8 Å². The van der Waals surface area contributed by atoms with Crippen LogP contribution in [0.3, 0.4) is 0 Å². The zero-order chi connectivity index (χ0) is 55.8. The number of primary amides is 1. The molecule has 8 aromatic rings. The van der Waals surface area contributed by atoms with Crippen molar-refractivity contribution < 1.29 is 43.0 Å². The number of carbonyl (C=O) groups excluding carboxylic acids is 5. The van der Waals surface area contributed by atoms with Crippen LogP contribution in [0.15, 0.2) is 234 Å². The van der Waals surface area contributed by atoms with Gasteiger partial charge in [-0.1, -0.05) is 217 Å².